The van der Waals surface area contributed by atoms with Crippen molar-refractivity contribution in [2.45, 2.75) is 32.2 Å². The Morgan fingerprint density at radius 2 is 2.06 bits per heavy atom. The van der Waals surface area contributed by atoms with Crippen molar-refractivity contribution < 1.29 is 0 Å². The Labute approximate surface area is 116 Å². The number of piperidine rings is 1. The molecule has 96 valence electrons. The van der Waals surface area contributed by atoms with Crippen molar-refractivity contribution in [1.29, 1.82) is 0 Å². The molecule has 0 amide bonds. The lowest BCUT2D eigenvalue weighted by Gasteiger charge is -2.31. The van der Waals surface area contributed by atoms with E-state index in [4.69, 9.17) is 4.98 Å². The maximum Gasteiger partial charge on any atom is 0.124 e. The normalized spacial score (nSPS) is 19.2. The molecule has 0 spiro atoms. The second-order valence-corrected chi connectivity index (χ2v) is 5.97. The fraction of sp³-hybridized carbons (Fsp3) is 0.500. The zero-order chi connectivity index (χ0) is 12.5. The molecule has 0 saturated carbocycles. The fourth-order valence-electron chi connectivity index (χ4n) is 2.68. The van der Waals surface area contributed by atoms with Gasteiger partial charge in [0.2, 0.25) is 0 Å². The number of aromatic nitrogens is 2. The first-order valence-electron chi connectivity index (χ1n) is 6.63. The molecule has 4 heteroatoms. The number of aromatic amines is 1. The van der Waals surface area contributed by atoms with Gasteiger partial charge >= 0.3 is 0 Å². The summed E-state index contributed by atoms with van der Waals surface area (Å²) in [5.41, 5.74) is 2.17. The number of imidazole rings is 1. The van der Waals surface area contributed by atoms with Crippen molar-refractivity contribution in [2.24, 2.45) is 0 Å². The molecule has 3 nitrogen and oxygen atoms in total. The summed E-state index contributed by atoms with van der Waals surface area (Å²) in [6, 6.07) is 6.58. The highest BCUT2D eigenvalue weighted by Crippen LogP contribution is 2.25. The third kappa shape index (κ3) is 2.31. The standard InChI is InChI=1S/C14H18BrN3/c1-10(18-7-3-2-4-8-18)14-16-12-6-5-11(15)9-13(12)17-14/h5-6,9-10H,2-4,7-8H2,1H3,(H,16,17). The highest BCUT2D eigenvalue weighted by Gasteiger charge is 2.20. The quantitative estimate of drug-likeness (QED) is 0.913. The highest BCUT2D eigenvalue weighted by molar-refractivity contribution is 9.10. The largest absolute Gasteiger partial charge is 0.341 e. The lowest BCUT2D eigenvalue weighted by molar-refractivity contribution is 0.169. The number of benzene rings is 1. The van der Waals surface area contributed by atoms with Gasteiger partial charge < -0.3 is 4.98 Å². The lowest BCUT2D eigenvalue weighted by Crippen LogP contribution is -2.32. The number of nitrogens with one attached hydrogen (secondary N) is 1. The van der Waals surface area contributed by atoms with Crippen LogP contribution in [0.2, 0.25) is 0 Å². The van der Waals surface area contributed by atoms with Crippen LogP contribution in [0.5, 0.6) is 0 Å². The lowest BCUT2D eigenvalue weighted by atomic mass is 10.1. The first-order valence-corrected chi connectivity index (χ1v) is 7.42. The van der Waals surface area contributed by atoms with Crippen LogP contribution in [0.15, 0.2) is 22.7 Å². The Bertz CT molecular complexity index is 543. The van der Waals surface area contributed by atoms with Crippen LogP contribution in [0.1, 0.15) is 38.1 Å². The number of rotatable bonds is 2. The van der Waals surface area contributed by atoms with E-state index in [-0.39, 0.29) is 0 Å². The van der Waals surface area contributed by atoms with E-state index in [2.05, 4.69) is 44.9 Å². The van der Waals surface area contributed by atoms with E-state index in [9.17, 15) is 0 Å². The van der Waals surface area contributed by atoms with Gasteiger partial charge in [-0.25, -0.2) is 4.98 Å². The average Bonchev–Trinajstić information content (AvgIpc) is 2.81. The molecule has 1 atom stereocenters. The molecule has 1 unspecified atom stereocenters. The van der Waals surface area contributed by atoms with Gasteiger partial charge in [-0.15, -0.1) is 0 Å². The van der Waals surface area contributed by atoms with Gasteiger partial charge in [-0.05, 0) is 51.1 Å². The molecule has 0 bridgehead atoms. The predicted octanol–water partition coefficient (Wildman–Crippen LogP) is 3.87. The number of H-pyrrole nitrogens is 1. The topological polar surface area (TPSA) is 31.9 Å². The summed E-state index contributed by atoms with van der Waals surface area (Å²) in [5.74, 6) is 1.09. The summed E-state index contributed by atoms with van der Waals surface area (Å²) in [5, 5.41) is 0. The smallest absolute Gasteiger partial charge is 0.124 e. The maximum atomic E-state index is 4.71. The molecule has 1 aliphatic heterocycles. The predicted molar refractivity (Wildman–Crippen MR) is 77.6 cm³/mol. The number of nitrogens with zero attached hydrogens (tertiary/aromatic N) is 2. The Balaban J connectivity index is 1.88. The minimum atomic E-state index is 0.386. The van der Waals surface area contributed by atoms with Gasteiger partial charge in [-0.2, -0.15) is 0 Å². The molecular formula is C14H18BrN3. The molecule has 18 heavy (non-hydrogen) atoms. The van der Waals surface area contributed by atoms with Crippen LogP contribution in [0.3, 0.4) is 0 Å². The van der Waals surface area contributed by atoms with E-state index >= 15 is 0 Å². The monoisotopic (exact) mass is 307 g/mol. The van der Waals surface area contributed by atoms with Gasteiger partial charge in [0.15, 0.2) is 0 Å². The molecule has 1 saturated heterocycles. The van der Waals surface area contributed by atoms with E-state index in [0.29, 0.717) is 6.04 Å². The Morgan fingerprint density at radius 1 is 1.28 bits per heavy atom. The number of hydrogen-bond donors (Lipinski definition) is 1. The summed E-state index contributed by atoms with van der Waals surface area (Å²) >= 11 is 3.50. The Hall–Kier alpha value is -0.870. The molecular weight excluding hydrogens is 290 g/mol. The molecule has 1 aromatic carbocycles. The zero-order valence-corrected chi connectivity index (χ0v) is 12.2. The van der Waals surface area contributed by atoms with Gasteiger partial charge in [0, 0.05) is 4.47 Å². The maximum absolute atomic E-state index is 4.71. The summed E-state index contributed by atoms with van der Waals surface area (Å²) in [6.45, 7) is 4.64. The van der Waals surface area contributed by atoms with Crippen LogP contribution in [-0.2, 0) is 0 Å². The fourth-order valence-corrected chi connectivity index (χ4v) is 3.04. The molecule has 0 aliphatic carbocycles. The van der Waals surface area contributed by atoms with Gasteiger partial charge in [-0.1, -0.05) is 22.4 Å². The second kappa shape index (κ2) is 5.02. The van der Waals surface area contributed by atoms with E-state index in [1.807, 2.05) is 6.07 Å². The van der Waals surface area contributed by atoms with Gasteiger partial charge in [-0.3, -0.25) is 4.90 Å². The summed E-state index contributed by atoms with van der Waals surface area (Å²) in [6.07, 6.45) is 4.00. The minimum absolute atomic E-state index is 0.386. The number of fused-ring (bicyclic) bond motifs is 1. The van der Waals surface area contributed by atoms with Crippen molar-refractivity contribution in [2.75, 3.05) is 13.1 Å². The molecule has 1 fully saturated rings. The van der Waals surface area contributed by atoms with Gasteiger partial charge in [0.1, 0.15) is 5.82 Å². The Morgan fingerprint density at radius 3 is 2.83 bits per heavy atom. The van der Waals surface area contributed by atoms with E-state index in [1.54, 1.807) is 0 Å². The van der Waals surface area contributed by atoms with Crippen LogP contribution >= 0.6 is 15.9 Å². The average molecular weight is 308 g/mol. The van der Waals surface area contributed by atoms with Crippen LogP contribution < -0.4 is 0 Å². The summed E-state index contributed by atoms with van der Waals surface area (Å²) in [7, 11) is 0. The number of likely N-dealkylation sites (tertiary alicyclic amines) is 1. The summed E-state index contributed by atoms with van der Waals surface area (Å²) in [4.78, 5) is 10.7. The molecule has 0 radical (unpaired) electrons. The first kappa shape index (κ1) is 12.2. The third-order valence-electron chi connectivity index (χ3n) is 3.80. The minimum Gasteiger partial charge on any atom is -0.341 e. The van der Waals surface area contributed by atoms with Crippen molar-refractivity contribution in [3.05, 3.63) is 28.5 Å². The van der Waals surface area contributed by atoms with E-state index in [1.165, 1.54) is 32.4 Å². The van der Waals surface area contributed by atoms with E-state index in [0.717, 1.165) is 21.3 Å². The van der Waals surface area contributed by atoms with E-state index < -0.39 is 0 Å². The molecule has 2 heterocycles. The van der Waals surface area contributed by atoms with Crippen LogP contribution in [0.25, 0.3) is 11.0 Å². The molecule has 2 aromatic rings. The molecule has 3 rings (SSSR count). The SMILES string of the molecule is CC(c1nc2ccc(Br)cc2[nH]1)N1CCCCC1. The van der Waals surface area contributed by atoms with Crippen molar-refractivity contribution >= 4 is 27.0 Å². The van der Waals surface area contributed by atoms with Crippen LogP contribution in [0, 0.1) is 0 Å². The van der Waals surface area contributed by atoms with Crippen LogP contribution in [-0.4, -0.2) is 28.0 Å². The zero-order valence-electron chi connectivity index (χ0n) is 10.6. The molecule has 1 aromatic heterocycles. The first-order chi connectivity index (χ1) is 8.74. The van der Waals surface area contributed by atoms with Crippen molar-refractivity contribution in [3.8, 4) is 0 Å². The third-order valence-corrected chi connectivity index (χ3v) is 4.29. The Kier molecular flexibility index (Phi) is 3.39. The highest BCUT2D eigenvalue weighted by atomic mass is 79.9. The second-order valence-electron chi connectivity index (χ2n) is 5.06. The number of halogens is 1. The summed E-state index contributed by atoms with van der Waals surface area (Å²) < 4.78 is 1.09. The number of hydrogen-bond acceptors (Lipinski definition) is 2. The molecule has 1 N–H and O–H groups in total. The van der Waals surface area contributed by atoms with Crippen molar-refractivity contribution in [1.82, 2.24) is 14.9 Å². The van der Waals surface area contributed by atoms with Gasteiger partial charge in [0.25, 0.3) is 0 Å². The molecule has 1 aliphatic rings. The van der Waals surface area contributed by atoms with Crippen molar-refractivity contribution in [3.63, 3.8) is 0 Å². The van der Waals surface area contributed by atoms with Crippen LogP contribution in [0.4, 0.5) is 0 Å². The van der Waals surface area contributed by atoms with Gasteiger partial charge in [0.05, 0.1) is 17.1 Å².